The van der Waals surface area contributed by atoms with Crippen LogP contribution in [0.5, 0.6) is 0 Å². The molecule has 0 aliphatic heterocycles. The van der Waals surface area contributed by atoms with E-state index in [9.17, 15) is 9.59 Å². The van der Waals surface area contributed by atoms with Crippen molar-refractivity contribution < 1.29 is 9.59 Å². The van der Waals surface area contributed by atoms with Crippen LogP contribution in [0.1, 0.15) is 38.6 Å². The minimum atomic E-state index is -0.285. The van der Waals surface area contributed by atoms with Crippen LogP contribution in [0.4, 0.5) is 5.69 Å². The summed E-state index contributed by atoms with van der Waals surface area (Å²) in [6.07, 6.45) is 0.953. The molecule has 38 heavy (non-hydrogen) atoms. The number of benzene rings is 4. The first kappa shape index (κ1) is 24.2. The Bertz CT molecular complexity index is 1670. The van der Waals surface area contributed by atoms with E-state index in [1.165, 1.54) is 11.6 Å². The van der Waals surface area contributed by atoms with E-state index in [0.29, 0.717) is 44.1 Å². The lowest BCUT2D eigenvalue weighted by molar-refractivity contribution is 0.0949. The largest absolute Gasteiger partial charge is 0.349 e. The molecule has 0 saturated heterocycles. The Hall–Kier alpha value is -4.13. The van der Waals surface area contributed by atoms with Gasteiger partial charge in [0.2, 0.25) is 0 Å². The second-order valence-electron chi connectivity index (χ2n) is 9.31. The van der Waals surface area contributed by atoms with E-state index in [-0.39, 0.29) is 17.9 Å². The summed E-state index contributed by atoms with van der Waals surface area (Å²) in [6, 6.07) is 28.0. The fourth-order valence-corrected chi connectivity index (χ4v) is 4.81. The normalized spacial score (nSPS) is 16.3. The molecule has 1 aliphatic rings. The van der Waals surface area contributed by atoms with Crippen molar-refractivity contribution >= 4 is 51.7 Å². The summed E-state index contributed by atoms with van der Waals surface area (Å²) in [4.78, 5) is 33.4. The third-order valence-electron chi connectivity index (χ3n) is 6.68. The van der Waals surface area contributed by atoms with E-state index in [0.717, 1.165) is 17.5 Å². The van der Waals surface area contributed by atoms with Crippen LogP contribution >= 0.6 is 23.2 Å². The van der Waals surface area contributed by atoms with Gasteiger partial charge in [-0.25, -0.2) is 4.98 Å². The van der Waals surface area contributed by atoms with Gasteiger partial charge in [-0.2, -0.15) is 0 Å². The fourth-order valence-electron chi connectivity index (χ4n) is 4.51. The first-order valence-electron chi connectivity index (χ1n) is 12.2. The molecule has 1 aliphatic carbocycles. The zero-order valence-electron chi connectivity index (χ0n) is 20.0. The Morgan fingerprint density at radius 1 is 0.816 bits per heavy atom. The lowest BCUT2D eigenvalue weighted by Gasteiger charge is -2.07. The molecule has 8 heteroatoms. The lowest BCUT2D eigenvalue weighted by atomic mass is 10.1. The van der Waals surface area contributed by atoms with Crippen molar-refractivity contribution in [2.75, 3.05) is 5.32 Å². The van der Waals surface area contributed by atoms with Gasteiger partial charge >= 0.3 is 0 Å². The van der Waals surface area contributed by atoms with Crippen LogP contribution in [0.15, 0.2) is 91.0 Å². The molecule has 4 aromatic carbocycles. The highest BCUT2D eigenvalue weighted by atomic mass is 35.5. The van der Waals surface area contributed by atoms with E-state index in [1.807, 2.05) is 36.4 Å². The Labute approximate surface area is 229 Å². The predicted octanol–water partition coefficient (Wildman–Crippen LogP) is 7.07. The summed E-state index contributed by atoms with van der Waals surface area (Å²) in [6.45, 7) is 0. The average Bonchev–Trinajstić information content (AvgIpc) is 3.57. The molecule has 2 amide bonds. The van der Waals surface area contributed by atoms with Gasteiger partial charge in [-0.05, 0) is 72.6 Å². The van der Waals surface area contributed by atoms with Crippen LogP contribution in [0, 0.1) is 0 Å². The summed E-state index contributed by atoms with van der Waals surface area (Å²) < 4.78 is 0. The Balaban J connectivity index is 1.13. The minimum absolute atomic E-state index is 0.0954. The van der Waals surface area contributed by atoms with Gasteiger partial charge in [-0.3, -0.25) is 9.59 Å². The second-order valence-corrected chi connectivity index (χ2v) is 10.1. The van der Waals surface area contributed by atoms with Crippen molar-refractivity contribution in [2.45, 2.75) is 18.4 Å². The molecule has 6 nitrogen and oxygen atoms in total. The molecule has 1 heterocycles. The SMILES string of the molecule is O=C(Nc1ccc(-c2nc3cc(C(=O)NC4CC4c4ccccc4)ccc3[nH]2)cc1)c1ccc(Cl)c(Cl)c1. The number of imidazole rings is 1. The molecule has 188 valence electrons. The number of nitrogens with zero attached hydrogens (tertiary/aromatic N) is 1. The fraction of sp³-hybridized carbons (Fsp3) is 0.100. The number of fused-ring (bicyclic) bond motifs is 1. The number of amides is 2. The van der Waals surface area contributed by atoms with Crippen LogP contribution in [0.25, 0.3) is 22.4 Å². The Morgan fingerprint density at radius 2 is 1.55 bits per heavy atom. The number of rotatable bonds is 6. The van der Waals surface area contributed by atoms with Crippen LogP contribution in [0.3, 0.4) is 0 Å². The Morgan fingerprint density at radius 3 is 2.32 bits per heavy atom. The molecule has 2 unspecified atom stereocenters. The van der Waals surface area contributed by atoms with Crippen LogP contribution in [-0.4, -0.2) is 27.8 Å². The van der Waals surface area contributed by atoms with Gasteiger partial charge in [0.05, 0.1) is 21.1 Å². The molecule has 2 atom stereocenters. The molecule has 1 aromatic heterocycles. The molecular formula is C30H22Cl2N4O2. The number of anilines is 1. The van der Waals surface area contributed by atoms with Crippen molar-refractivity contribution in [2.24, 2.45) is 0 Å². The first-order valence-corrected chi connectivity index (χ1v) is 12.9. The number of hydrogen-bond acceptors (Lipinski definition) is 3. The maximum atomic E-state index is 12.9. The molecule has 5 aromatic rings. The predicted molar refractivity (Wildman–Crippen MR) is 151 cm³/mol. The molecule has 1 saturated carbocycles. The van der Waals surface area contributed by atoms with Gasteiger partial charge in [0.1, 0.15) is 5.82 Å². The van der Waals surface area contributed by atoms with Crippen molar-refractivity contribution in [1.82, 2.24) is 15.3 Å². The number of carbonyl (C=O) groups is 2. The topological polar surface area (TPSA) is 86.9 Å². The zero-order valence-corrected chi connectivity index (χ0v) is 21.6. The molecule has 3 N–H and O–H groups in total. The number of aromatic nitrogens is 2. The molecule has 0 spiro atoms. The summed E-state index contributed by atoms with van der Waals surface area (Å²) >= 11 is 11.9. The molecule has 0 radical (unpaired) electrons. The lowest BCUT2D eigenvalue weighted by Crippen LogP contribution is -2.26. The van der Waals surface area contributed by atoms with E-state index >= 15 is 0 Å². The van der Waals surface area contributed by atoms with Crippen molar-refractivity contribution in [1.29, 1.82) is 0 Å². The van der Waals surface area contributed by atoms with E-state index in [4.69, 9.17) is 23.2 Å². The number of halogens is 2. The molecule has 1 fully saturated rings. The number of nitrogens with one attached hydrogen (secondary N) is 3. The van der Waals surface area contributed by atoms with E-state index in [1.54, 1.807) is 36.4 Å². The van der Waals surface area contributed by atoms with E-state index in [2.05, 4.69) is 32.7 Å². The van der Waals surface area contributed by atoms with Crippen LogP contribution in [-0.2, 0) is 0 Å². The van der Waals surface area contributed by atoms with Gasteiger partial charge in [-0.1, -0.05) is 53.5 Å². The van der Waals surface area contributed by atoms with Gasteiger partial charge in [-0.15, -0.1) is 0 Å². The van der Waals surface area contributed by atoms with Crippen LogP contribution in [0.2, 0.25) is 10.0 Å². The summed E-state index contributed by atoms with van der Waals surface area (Å²) in [5.41, 5.74) is 5.28. The maximum absolute atomic E-state index is 12.9. The summed E-state index contributed by atoms with van der Waals surface area (Å²) in [5.74, 6) is 0.665. The number of carbonyl (C=O) groups excluding carboxylic acids is 2. The van der Waals surface area contributed by atoms with Crippen molar-refractivity contribution in [3.05, 3.63) is 118 Å². The van der Waals surface area contributed by atoms with Crippen molar-refractivity contribution in [3.63, 3.8) is 0 Å². The number of hydrogen-bond donors (Lipinski definition) is 3. The molecule has 6 rings (SSSR count). The first-order chi connectivity index (χ1) is 18.4. The number of H-pyrrole nitrogens is 1. The quantitative estimate of drug-likeness (QED) is 0.215. The zero-order chi connectivity index (χ0) is 26.2. The van der Waals surface area contributed by atoms with Crippen molar-refractivity contribution in [3.8, 4) is 11.4 Å². The maximum Gasteiger partial charge on any atom is 0.255 e. The summed E-state index contributed by atoms with van der Waals surface area (Å²) in [5, 5.41) is 6.70. The number of aromatic amines is 1. The third kappa shape index (κ3) is 5.01. The second kappa shape index (κ2) is 9.97. The minimum Gasteiger partial charge on any atom is -0.349 e. The highest BCUT2D eigenvalue weighted by molar-refractivity contribution is 6.42. The monoisotopic (exact) mass is 540 g/mol. The van der Waals surface area contributed by atoms with Crippen LogP contribution < -0.4 is 10.6 Å². The average molecular weight is 541 g/mol. The highest BCUT2D eigenvalue weighted by Gasteiger charge is 2.39. The Kier molecular flexibility index (Phi) is 6.35. The standard InChI is InChI=1S/C30H22Cl2N4O2/c31-23-12-8-19(14-24(23)32)29(37)33-21-10-6-18(7-11-21)28-34-25-13-9-20(15-27(25)35-28)30(38)36-26-16-22(26)17-4-2-1-3-5-17/h1-15,22,26H,16H2,(H,33,37)(H,34,35)(H,36,38). The van der Waals surface area contributed by atoms with E-state index < -0.39 is 0 Å². The highest BCUT2D eigenvalue weighted by Crippen LogP contribution is 2.40. The smallest absolute Gasteiger partial charge is 0.255 e. The van der Waals surface area contributed by atoms with Gasteiger partial charge in [0.15, 0.2) is 0 Å². The van der Waals surface area contributed by atoms with Gasteiger partial charge < -0.3 is 15.6 Å². The third-order valence-corrected chi connectivity index (χ3v) is 7.42. The summed E-state index contributed by atoms with van der Waals surface area (Å²) in [7, 11) is 0. The molecule has 0 bridgehead atoms. The van der Waals surface area contributed by atoms with Gasteiger partial charge in [0.25, 0.3) is 11.8 Å². The molecular weight excluding hydrogens is 519 g/mol. The van der Waals surface area contributed by atoms with Gasteiger partial charge in [0, 0.05) is 34.3 Å².